The standard InChI is InChI=1S/C22H25N3O4/c1-23-20(26)17-6-3-2-5-16(17)15-10-8-14(9-11-15)13-19(22(28)29)25-21(27)18-7-4-12-24-18/h2-3,5-6,8-11,18-19,24H,4,7,12-13H2,1H3,(H,23,26)(H,25,27)(H,28,29)/t18-,19-/m0/s1. The third kappa shape index (κ3) is 5.00. The van der Waals surface area contributed by atoms with Gasteiger partial charge in [-0.2, -0.15) is 0 Å². The van der Waals surface area contributed by atoms with E-state index in [1.807, 2.05) is 42.5 Å². The molecule has 0 saturated carbocycles. The maximum Gasteiger partial charge on any atom is 0.326 e. The number of carbonyl (C=O) groups is 3. The summed E-state index contributed by atoms with van der Waals surface area (Å²) in [6.45, 7) is 0.773. The van der Waals surface area contributed by atoms with Gasteiger partial charge in [0.15, 0.2) is 0 Å². The zero-order chi connectivity index (χ0) is 20.8. The van der Waals surface area contributed by atoms with E-state index in [2.05, 4.69) is 16.0 Å². The molecule has 1 aliphatic heterocycles. The summed E-state index contributed by atoms with van der Waals surface area (Å²) in [5, 5.41) is 17.8. The Bertz CT molecular complexity index is 889. The molecule has 2 aromatic carbocycles. The molecule has 2 atom stereocenters. The van der Waals surface area contributed by atoms with E-state index in [-0.39, 0.29) is 24.3 Å². The molecule has 1 heterocycles. The smallest absolute Gasteiger partial charge is 0.326 e. The maximum absolute atomic E-state index is 12.2. The Kier molecular flexibility index (Phi) is 6.61. The average molecular weight is 395 g/mol. The number of amides is 2. The molecule has 7 heteroatoms. The van der Waals surface area contributed by atoms with Crippen LogP contribution in [0.15, 0.2) is 48.5 Å². The van der Waals surface area contributed by atoms with Crippen LogP contribution in [0, 0.1) is 0 Å². The lowest BCUT2D eigenvalue weighted by molar-refractivity contribution is -0.142. The molecule has 29 heavy (non-hydrogen) atoms. The number of hydrogen-bond donors (Lipinski definition) is 4. The molecule has 0 aliphatic carbocycles. The Morgan fingerprint density at radius 1 is 1.14 bits per heavy atom. The summed E-state index contributed by atoms with van der Waals surface area (Å²) in [5.41, 5.74) is 3.02. The molecule has 1 fully saturated rings. The zero-order valence-electron chi connectivity index (χ0n) is 16.3. The van der Waals surface area contributed by atoms with Gasteiger partial charge in [-0.25, -0.2) is 4.79 Å². The van der Waals surface area contributed by atoms with Crippen molar-refractivity contribution < 1.29 is 19.5 Å². The van der Waals surface area contributed by atoms with Crippen molar-refractivity contribution in [3.63, 3.8) is 0 Å². The largest absolute Gasteiger partial charge is 0.480 e. The number of hydrogen-bond acceptors (Lipinski definition) is 4. The summed E-state index contributed by atoms with van der Waals surface area (Å²) in [6, 6.07) is 13.4. The molecule has 2 aromatic rings. The summed E-state index contributed by atoms with van der Waals surface area (Å²) in [6.07, 6.45) is 1.82. The Hall–Kier alpha value is -3.19. The summed E-state index contributed by atoms with van der Waals surface area (Å²) in [7, 11) is 1.59. The van der Waals surface area contributed by atoms with Crippen LogP contribution in [0.1, 0.15) is 28.8 Å². The summed E-state index contributed by atoms with van der Waals surface area (Å²) in [4.78, 5) is 35.9. The number of carboxylic acid groups (broad SMARTS) is 1. The van der Waals surface area contributed by atoms with Crippen LogP contribution in [0.2, 0.25) is 0 Å². The number of benzene rings is 2. The van der Waals surface area contributed by atoms with Gasteiger partial charge in [-0.15, -0.1) is 0 Å². The number of nitrogens with one attached hydrogen (secondary N) is 3. The Labute approximate surface area is 169 Å². The van der Waals surface area contributed by atoms with Crippen molar-refractivity contribution in [3.8, 4) is 11.1 Å². The lowest BCUT2D eigenvalue weighted by atomic mass is 9.96. The van der Waals surface area contributed by atoms with Gasteiger partial charge in [-0.05, 0) is 42.1 Å². The van der Waals surface area contributed by atoms with Crippen molar-refractivity contribution in [2.45, 2.75) is 31.3 Å². The summed E-state index contributed by atoms with van der Waals surface area (Å²) >= 11 is 0. The minimum absolute atomic E-state index is 0.168. The molecule has 0 radical (unpaired) electrons. The minimum atomic E-state index is -1.06. The van der Waals surface area contributed by atoms with Crippen LogP contribution < -0.4 is 16.0 Å². The van der Waals surface area contributed by atoms with Crippen LogP contribution >= 0.6 is 0 Å². The van der Waals surface area contributed by atoms with E-state index in [4.69, 9.17) is 0 Å². The van der Waals surface area contributed by atoms with Crippen LogP contribution in [-0.2, 0) is 16.0 Å². The molecule has 7 nitrogen and oxygen atoms in total. The predicted octanol–water partition coefficient (Wildman–Crippen LogP) is 1.58. The molecule has 0 unspecified atom stereocenters. The molecule has 0 spiro atoms. The van der Waals surface area contributed by atoms with Crippen LogP contribution in [0.3, 0.4) is 0 Å². The van der Waals surface area contributed by atoms with Gasteiger partial charge >= 0.3 is 5.97 Å². The van der Waals surface area contributed by atoms with Crippen LogP contribution in [0.5, 0.6) is 0 Å². The van der Waals surface area contributed by atoms with Crippen molar-refractivity contribution >= 4 is 17.8 Å². The second-order valence-electron chi connectivity index (χ2n) is 7.07. The van der Waals surface area contributed by atoms with Crippen molar-refractivity contribution in [2.24, 2.45) is 0 Å². The zero-order valence-corrected chi connectivity index (χ0v) is 16.3. The molecule has 152 valence electrons. The predicted molar refractivity (Wildman–Crippen MR) is 110 cm³/mol. The third-order valence-electron chi connectivity index (χ3n) is 5.09. The third-order valence-corrected chi connectivity index (χ3v) is 5.09. The van der Waals surface area contributed by atoms with E-state index in [0.29, 0.717) is 5.56 Å². The van der Waals surface area contributed by atoms with E-state index < -0.39 is 12.0 Å². The van der Waals surface area contributed by atoms with Gasteiger partial charge in [0.2, 0.25) is 5.91 Å². The molecular weight excluding hydrogens is 370 g/mol. The van der Waals surface area contributed by atoms with E-state index in [9.17, 15) is 19.5 Å². The highest BCUT2D eigenvalue weighted by molar-refractivity contribution is 6.00. The second-order valence-corrected chi connectivity index (χ2v) is 7.07. The number of aliphatic carboxylic acids is 1. The number of carboxylic acids is 1. The second kappa shape index (κ2) is 9.34. The fraction of sp³-hybridized carbons (Fsp3) is 0.318. The highest BCUT2D eigenvalue weighted by atomic mass is 16.4. The van der Waals surface area contributed by atoms with Gasteiger partial charge in [0.1, 0.15) is 6.04 Å². The van der Waals surface area contributed by atoms with E-state index in [0.717, 1.165) is 36.1 Å². The van der Waals surface area contributed by atoms with Gasteiger partial charge in [0.25, 0.3) is 5.91 Å². The SMILES string of the molecule is CNC(=O)c1ccccc1-c1ccc(C[C@H](NC(=O)[C@@H]2CCCN2)C(=O)O)cc1. The number of carbonyl (C=O) groups excluding carboxylic acids is 2. The molecule has 4 N–H and O–H groups in total. The Balaban J connectivity index is 1.73. The maximum atomic E-state index is 12.2. The van der Waals surface area contributed by atoms with Crippen LogP contribution in [-0.4, -0.2) is 48.6 Å². The summed E-state index contributed by atoms with van der Waals surface area (Å²) in [5.74, 6) is -1.50. The lowest BCUT2D eigenvalue weighted by Gasteiger charge is -2.18. The monoisotopic (exact) mass is 395 g/mol. The Morgan fingerprint density at radius 2 is 1.86 bits per heavy atom. The van der Waals surface area contributed by atoms with Gasteiger partial charge in [0.05, 0.1) is 6.04 Å². The molecule has 1 aliphatic rings. The fourth-order valence-electron chi connectivity index (χ4n) is 3.50. The first-order chi connectivity index (χ1) is 14.0. The van der Waals surface area contributed by atoms with Crippen molar-refractivity contribution in [2.75, 3.05) is 13.6 Å². The van der Waals surface area contributed by atoms with E-state index in [1.54, 1.807) is 13.1 Å². The van der Waals surface area contributed by atoms with Gasteiger partial charge in [0, 0.05) is 19.0 Å². The van der Waals surface area contributed by atoms with E-state index in [1.165, 1.54) is 0 Å². The van der Waals surface area contributed by atoms with Crippen molar-refractivity contribution in [1.82, 2.24) is 16.0 Å². The van der Waals surface area contributed by atoms with Gasteiger partial charge in [-0.3, -0.25) is 9.59 Å². The molecule has 0 aromatic heterocycles. The van der Waals surface area contributed by atoms with Gasteiger partial charge < -0.3 is 21.1 Å². The average Bonchev–Trinajstić information content (AvgIpc) is 3.28. The van der Waals surface area contributed by atoms with Crippen molar-refractivity contribution in [1.29, 1.82) is 0 Å². The fourth-order valence-corrected chi connectivity index (χ4v) is 3.50. The Morgan fingerprint density at radius 3 is 2.48 bits per heavy atom. The molecule has 3 rings (SSSR count). The summed E-state index contributed by atoms with van der Waals surface area (Å²) < 4.78 is 0. The first-order valence-electron chi connectivity index (χ1n) is 9.66. The quantitative estimate of drug-likeness (QED) is 0.569. The molecule has 2 amide bonds. The topological polar surface area (TPSA) is 108 Å². The minimum Gasteiger partial charge on any atom is -0.480 e. The van der Waals surface area contributed by atoms with Gasteiger partial charge in [-0.1, -0.05) is 42.5 Å². The van der Waals surface area contributed by atoms with E-state index >= 15 is 0 Å². The van der Waals surface area contributed by atoms with Crippen LogP contribution in [0.25, 0.3) is 11.1 Å². The molecular formula is C22H25N3O4. The highest BCUT2D eigenvalue weighted by Gasteiger charge is 2.27. The molecule has 1 saturated heterocycles. The number of rotatable bonds is 7. The highest BCUT2D eigenvalue weighted by Crippen LogP contribution is 2.24. The van der Waals surface area contributed by atoms with Crippen molar-refractivity contribution in [3.05, 3.63) is 59.7 Å². The lowest BCUT2D eigenvalue weighted by Crippen LogP contribution is -2.49. The first-order valence-corrected chi connectivity index (χ1v) is 9.66. The molecule has 0 bridgehead atoms. The normalized spacial score (nSPS) is 16.8. The first kappa shape index (κ1) is 20.5. The van der Waals surface area contributed by atoms with Crippen LogP contribution in [0.4, 0.5) is 0 Å².